The fourth-order valence-corrected chi connectivity index (χ4v) is 2.75. The average Bonchev–Trinajstić information content (AvgIpc) is 2.23. The molecule has 0 spiro atoms. The van der Waals surface area contributed by atoms with Crippen LogP contribution in [0.5, 0.6) is 0 Å². The largest absolute Gasteiger partial charge is 0.345 e. The van der Waals surface area contributed by atoms with Crippen LogP contribution in [0.4, 0.5) is 0 Å². The van der Waals surface area contributed by atoms with Gasteiger partial charge in [0.05, 0.1) is 5.75 Å². The number of carbonyl (C=O) groups is 1. The summed E-state index contributed by atoms with van der Waals surface area (Å²) in [5.41, 5.74) is 0. The monoisotopic (exact) mass is 248 g/mol. The Morgan fingerprint density at radius 3 is 2.50 bits per heavy atom. The molecular formula is C11H20O4S. The Labute approximate surface area is 97.8 Å². The second-order valence-corrected chi connectivity index (χ2v) is 5.36. The van der Waals surface area contributed by atoms with E-state index < -0.39 is 16.1 Å². The molecule has 5 heteroatoms. The van der Waals surface area contributed by atoms with Crippen LogP contribution in [0.1, 0.15) is 39.5 Å². The molecule has 0 aliphatic rings. The highest BCUT2D eigenvalue weighted by molar-refractivity contribution is 7.87. The molecule has 0 heterocycles. The van der Waals surface area contributed by atoms with Crippen LogP contribution < -0.4 is 0 Å². The first-order valence-corrected chi connectivity index (χ1v) is 7.11. The van der Waals surface area contributed by atoms with Crippen LogP contribution in [-0.4, -0.2) is 20.1 Å². The minimum atomic E-state index is -3.76. The SMILES string of the molecule is C=CC(=O)OS(=O)(=O)CC(CC)CCCC. The molecule has 0 amide bonds. The van der Waals surface area contributed by atoms with Gasteiger partial charge in [-0.3, -0.25) is 0 Å². The van der Waals surface area contributed by atoms with Gasteiger partial charge < -0.3 is 4.18 Å². The molecule has 94 valence electrons. The Kier molecular flexibility index (Phi) is 7.05. The Hall–Kier alpha value is -0.840. The Bertz CT molecular complexity index is 319. The second-order valence-electron chi connectivity index (χ2n) is 3.75. The first kappa shape index (κ1) is 15.2. The maximum absolute atomic E-state index is 11.4. The molecular weight excluding hydrogens is 228 g/mol. The van der Waals surface area contributed by atoms with Crippen LogP contribution in [-0.2, 0) is 19.1 Å². The van der Waals surface area contributed by atoms with Crippen molar-refractivity contribution < 1.29 is 17.4 Å². The van der Waals surface area contributed by atoms with Gasteiger partial charge in [-0.2, -0.15) is 8.42 Å². The lowest BCUT2D eigenvalue weighted by atomic mass is 10.0. The fourth-order valence-electron chi connectivity index (χ4n) is 1.38. The molecule has 4 nitrogen and oxygen atoms in total. The fraction of sp³-hybridized carbons (Fsp3) is 0.727. The van der Waals surface area contributed by atoms with Gasteiger partial charge in [-0.25, -0.2) is 4.79 Å². The van der Waals surface area contributed by atoms with Gasteiger partial charge in [-0.1, -0.05) is 39.7 Å². The molecule has 16 heavy (non-hydrogen) atoms. The van der Waals surface area contributed by atoms with E-state index in [9.17, 15) is 13.2 Å². The number of hydrogen-bond donors (Lipinski definition) is 0. The lowest BCUT2D eigenvalue weighted by Gasteiger charge is -2.13. The average molecular weight is 248 g/mol. The highest BCUT2D eigenvalue weighted by Crippen LogP contribution is 2.15. The van der Waals surface area contributed by atoms with Crippen LogP contribution >= 0.6 is 0 Å². The van der Waals surface area contributed by atoms with Gasteiger partial charge in [0.25, 0.3) is 0 Å². The standard InChI is InChI=1S/C11H20O4S/c1-4-7-8-10(5-2)9-16(13,14)15-11(12)6-3/h6,10H,3-5,7-9H2,1-2H3. The van der Waals surface area contributed by atoms with Crippen molar-refractivity contribution in [3.05, 3.63) is 12.7 Å². The zero-order chi connectivity index (χ0) is 12.6. The zero-order valence-corrected chi connectivity index (χ0v) is 10.8. The van der Waals surface area contributed by atoms with Crippen molar-refractivity contribution in [3.63, 3.8) is 0 Å². The molecule has 1 atom stereocenters. The van der Waals surface area contributed by atoms with Gasteiger partial charge in [0, 0.05) is 6.08 Å². The van der Waals surface area contributed by atoms with E-state index in [1.807, 2.05) is 6.92 Å². The van der Waals surface area contributed by atoms with Crippen molar-refractivity contribution in [2.75, 3.05) is 5.75 Å². The van der Waals surface area contributed by atoms with Crippen molar-refractivity contribution in [1.82, 2.24) is 0 Å². The summed E-state index contributed by atoms with van der Waals surface area (Å²) in [6.45, 7) is 7.14. The Morgan fingerprint density at radius 2 is 2.06 bits per heavy atom. The number of hydrogen-bond acceptors (Lipinski definition) is 4. The van der Waals surface area contributed by atoms with Crippen molar-refractivity contribution in [2.24, 2.45) is 5.92 Å². The molecule has 0 N–H and O–H groups in total. The zero-order valence-electron chi connectivity index (χ0n) is 9.94. The molecule has 0 saturated heterocycles. The first-order chi connectivity index (χ1) is 7.45. The van der Waals surface area contributed by atoms with Gasteiger partial charge in [-0.05, 0) is 12.3 Å². The first-order valence-electron chi connectivity index (χ1n) is 5.53. The maximum Gasteiger partial charge on any atom is 0.345 e. The molecule has 0 saturated carbocycles. The lowest BCUT2D eigenvalue weighted by molar-refractivity contribution is -0.128. The summed E-state index contributed by atoms with van der Waals surface area (Å²) < 4.78 is 27.2. The van der Waals surface area contributed by atoms with Gasteiger partial charge in [-0.15, -0.1) is 0 Å². The van der Waals surface area contributed by atoms with E-state index in [0.29, 0.717) is 0 Å². The van der Waals surface area contributed by atoms with E-state index in [0.717, 1.165) is 31.8 Å². The highest BCUT2D eigenvalue weighted by atomic mass is 32.2. The molecule has 0 aromatic heterocycles. The van der Waals surface area contributed by atoms with Gasteiger partial charge in [0.15, 0.2) is 0 Å². The smallest absolute Gasteiger partial charge is 0.342 e. The molecule has 0 fully saturated rings. The minimum absolute atomic E-state index is 0.0579. The van der Waals surface area contributed by atoms with Crippen LogP contribution in [0.2, 0.25) is 0 Å². The lowest BCUT2D eigenvalue weighted by Crippen LogP contribution is -2.20. The number of rotatable bonds is 8. The summed E-state index contributed by atoms with van der Waals surface area (Å²) in [4.78, 5) is 10.8. The van der Waals surface area contributed by atoms with Crippen molar-refractivity contribution >= 4 is 16.1 Å². The van der Waals surface area contributed by atoms with Crippen LogP contribution in [0, 0.1) is 5.92 Å². The number of carbonyl (C=O) groups excluding carboxylic acids is 1. The summed E-state index contributed by atoms with van der Waals surface area (Å²) >= 11 is 0. The van der Waals surface area contributed by atoms with Crippen molar-refractivity contribution in [2.45, 2.75) is 39.5 Å². The summed E-state index contributed by atoms with van der Waals surface area (Å²) in [5.74, 6) is -0.948. The summed E-state index contributed by atoms with van der Waals surface area (Å²) in [6.07, 6.45) is 4.49. The highest BCUT2D eigenvalue weighted by Gasteiger charge is 2.20. The van der Waals surface area contributed by atoms with Crippen molar-refractivity contribution in [1.29, 1.82) is 0 Å². The molecule has 0 aromatic rings. The molecule has 0 bridgehead atoms. The third kappa shape index (κ3) is 6.61. The molecule has 1 unspecified atom stereocenters. The van der Waals surface area contributed by atoms with E-state index in [1.54, 1.807) is 0 Å². The van der Waals surface area contributed by atoms with Crippen molar-refractivity contribution in [3.8, 4) is 0 Å². The normalized spacial score (nSPS) is 13.1. The Morgan fingerprint density at radius 1 is 1.44 bits per heavy atom. The van der Waals surface area contributed by atoms with E-state index in [4.69, 9.17) is 0 Å². The molecule has 0 radical (unpaired) electrons. The molecule has 0 aliphatic carbocycles. The molecule has 0 aliphatic heterocycles. The maximum atomic E-state index is 11.4. The summed E-state index contributed by atoms with van der Waals surface area (Å²) in [7, 11) is -3.76. The third-order valence-corrected chi connectivity index (χ3v) is 3.66. The van der Waals surface area contributed by atoms with E-state index in [1.165, 1.54) is 0 Å². The van der Waals surface area contributed by atoms with Gasteiger partial charge >= 0.3 is 16.1 Å². The summed E-state index contributed by atoms with van der Waals surface area (Å²) in [5, 5.41) is 0. The Balaban J connectivity index is 4.31. The van der Waals surface area contributed by atoms with Crippen LogP contribution in [0.15, 0.2) is 12.7 Å². The number of unbranched alkanes of at least 4 members (excludes halogenated alkanes) is 1. The van der Waals surface area contributed by atoms with E-state index in [2.05, 4.69) is 17.7 Å². The summed E-state index contributed by atoms with van der Waals surface area (Å²) in [6, 6.07) is 0. The van der Waals surface area contributed by atoms with Crippen LogP contribution in [0.3, 0.4) is 0 Å². The quantitative estimate of drug-likeness (QED) is 0.488. The van der Waals surface area contributed by atoms with Gasteiger partial charge in [0.2, 0.25) is 0 Å². The van der Waals surface area contributed by atoms with Crippen LogP contribution in [0.25, 0.3) is 0 Å². The minimum Gasteiger partial charge on any atom is -0.342 e. The predicted octanol–water partition coefficient (Wildman–Crippen LogP) is 2.26. The third-order valence-electron chi connectivity index (χ3n) is 2.36. The molecule has 0 rings (SSSR count). The van der Waals surface area contributed by atoms with Gasteiger partial charge in [0.1, 0.15) is 0 Å². The van der Waals surface area contributed by atoms with E-state index >= 15 is 0 Å². The second kappa shape index (κ2) is 7.44. The topological polar surface area (TPSA) is 60.4 Å². The molecule has 0 aromatic carbocycles. The van der Waals surface area contributed by atoms with E-state index in [-0.39, 0.29) is 11.7 Å². The predicted molar refractivity (Wildman–Crippen MR) is 63.4 cm³/mol.